The van der Waals surface area contributed by atoms with Gasteiger partial charge in [0.05, 0.1) is 4.88 Å². The van der Waals surface area contributed by atoms with Crippen molar-refractivity contribution < 1.29 is 4.79 Å². The second kappa shape index (κ2) is 5.61. The van der Waals surface area contributed by atoms with E-state index in [2.05, 4.69) is 35.4 Å². The molecule has 3 nitrogen and oxygen atoms in total. The third kappa shape index (κ3) is 2.33. The molecule has 1 fully saturated rings. The molecule has 1 aromatic carbocycles. The first-order valence-corrected chi connectivity index (χ1v) is 8.59. The number of aromatic amines is 1. The number of hydrogen-bond donors (Lipinski definition) is 1. The number of likely N-dealkylation sites (tertiary alicyclic amines) is 1. The van der Waals surface area contributed by atoms with E-state index in [0.29, 0.717) is 5.92 Å². The van der Waals surface area contributed by atoms with Crippen molar-refractivity contribution in [1.29, 1.82) is 0 Å². The molecule has 1 saturated heterocycles. The molecule has 0 radical (unpaired) electrons. The number of nitrogens with zero attached hydrogens (tertiary/aromatic N) is 1. The molecule has 112 valence electrons. The SMILES string of the molecule is O=C(c1cccs1)N1CCC(c2c[nH]c3ccccc23)CC1. The highest BCUT2D eigenvalue weighted by atomic mass is 32.1. The first-order valence-electron chi connectivity index (χ1n) is 7.72. The summed E-state index contributed by atoms with van der Waals surface area (Å²) in [7, 11) is 0. The average Bonchev–Trinajstić information content (AvgIpc) is 3.24. The molecule has 3 heterocycles. The van der Waals surface area contributed by atoms with Gasteiger partial charge < -0.3 is 9.88 Å². The molecule has 4 rings (SSSR count). The predicted octanol–water partition coefficient (Wildman–Crippen LogP) is 4.25. The van der Waals surface area contributed by atoms with Crippen LogP contribution in [0.25, 0.3) is 10.9 Å². The van der Waals surface area contributed by atoms with Crippen LogP contribution < -0.4 is 0 Å². The molecule has 22 heavy (non-hydrogen) atoms. The van der Waals surface area contributed by atoms with Crippen LogP contribution in [-0.2, 0) is 0 Å². The van der Waals surface area contributed by atoms with E-state index in [9.17, 15) is 4.79 Å². The Morgan fingerprint density at radius 1 is 1.14 bits per heavy atom. The van der Waals surface area contributed by atoms with Crippen molar-refractivity contribution in [2.24, 2.45) is 0 Å². The van der Waals surface area contributed by atoms with Crippen LogP contribution in [0.15, 0.2) is 48.0 Å². The van der Waals surface area contributed by atoms with Gasteiger partial charge in [0.15, 0.2) is 0 Å². The molecule has 0 atom stereocenters. The number of thiophene rings is 1. The van der Waals surface area contributed by atoms with Crippen molar-refractivity contribution in [3.8, 4) is 0 Å². The van der Waals surface area contributed by atoms with Crippen LogP contribution >= 0.6 is 11.3 Å². The van der Waals surface area contributed by atoms with Gasteiger partial charge in [-0.3, -0.25) is 4.79 Å². The summed E-state index contributed by atoms with van der Waals surface area (Å²) in [6, 6.07) is 12.3. The maximum atomic E-state index is 12.4. The summed E-state index contributed by atoms with van der Waals surface area (Å²) in [5.41, 5.74) is 2.61. The van der Waals surface area contributed by atoms with E-state index in [0.717, 1.165) is 30.8 Å². The average molecular weight is 310 g/mol. The predicted molar refractivity (Wildman–Crippen MR) is 90.5 cm³/mol. The fourth-order valence-corrected chi connectivity index (χ4v) is 4.07. The van der Waals surface area contributed by atoms with Crippen molar-refractivity contribution in [2.45, 2.75) is 18.8 Å². The Labute approximate surface area is 133 Å². The van der Waals surface area contributed by atoms with E-state index in [4.69, 9.17) is 0 Å². The van der Waals surface area contributed by atoms with Crippen molar-refractivity contribution >= 4 is 28.1 Å². The molecule has 1 aliphatic heterocycles. The van der Waals surface area contributed by atoms with Gasteiger partial charge in [-0.1, -0.05) is 24.3 Å². The van der Waals surface area contributed by atoms with E-state index in [1.165, 1.54) is 27.8 Å². The molecule has 0 spiro atoms. The molecule has 1 N–H and O–H groups in total. The lowest BCUT2D eigenvalue weighted by Gasteiger charge is -2.31. The zero-order valence-electron chi connectivity index (χ0n) is 12.3. The fourth-order valence-electron chi connectivity index (χ4n) is 3.38. The van der Waals surface area contributed by atoms with Gasteiger partial charge in [-0.2, -0.15) is 0 Å². The summed E-state index contributed by atoms with van der Waals surface area (Å²) in [6.45, 7) is 1.70. The summed E-state index contributed by atoms with van der Waals surface area (Å²) in [4.78, 5) is 18.6. The van der Waals surface area contributed by atoms with Crippen molar-refractivity contribution in [3.05, 3.63) is 58.4 Å². The fraction of sp³-hybridized carbons (Fsp3) is 0.278. The highest BCUT2D eigenvalue weighted by Gasteiger charge is 2.26. The molecule has 0 saturated carbocycles. The minimum absolute atomic E-state index is 0.187. The van der Waals surface area contributed by atoms with Crippen LogP contribution in [0.4, 0.5) is 0 Å². The molecule has 4 heteroatoms. The normalized spacial score (nSPS) is 16.3. The van der Waals surface area contributed by atoms with E-state index in [-0.39, 0.29) is 5.91 Å². The van der Waals surface area contributed by atoms with Crippen molar-refractivity contribution in [2.75, 3.05) is 13.1 Å². The number of fused-ring (bicyclic) bond motifs is 1. The Morgan fingerprint density at radius 2 is 1.95 bits per heavy atom. The monoisotopic (exact) mass is 310 g/mol. The van der Waals surface area contributed by atoms with Crippen molar-refractivity contribution in [3.63, 3.8) is 0 Å². The van der Waals surface area contributed by atoms with Gasteiger partial charge in [0.25, 0.3) is 5.91 Å². The summed E-state index contributed by atoms with van der Waals surface area (Å²) in [6.07, 6.45) is 4.23. The van der Waals surface area contributed by atoms with Crippen LogP contribution in [-0.4, -0.2) is 28.9 Å². The summed E-state index contributed by atoms with van der Waals surface area (Å²) in [5, 5.41) is 3.29. The van der Waals surface area contributed by atoms with Gasteiger partial charge in [-0.25, -0.2) is 0 Å². The second-order valence-corrected chi connectivity index (χ2v) is 6.78. The Balaban J connectivity index is 1.49. The lowest BCUT2D eigenvalue weighted by molar-refractivity contribution is 0.0718. The number of aromatic nitrogens is 1. The van der Waals surface area contributed by atoms with Crippen LogP contribution in [0.1, 0.15) is 34.0 Å². The Hall–Kier alpha value is -2.07. The lowest BCUT2D eigenvalue weighted by Crippen LogP contribution is -2.37. The molecule has 0 bridgehead atoms. The van der Waals surface area contributed by atoms with E-state index < -0.39 is 0 Å². The molecule has 0 unspecified atom stereocenters. The van der Waals surface area contributed by atoms with Crippen LogP contribution in [0.2, 0.25) is 0 Å². The first kappa shape index (κ1) is 13.6. The largest absolute Gasteiger partial charge is 0.361 e. The van der Waals surface area contributed by atoms with Gasteiger partial charge in [0.2, 0.25) is 0 Å². The maximum absolute atomic E-state index is 12.4. The Kier molecular flexibility index (Phi) is 3.47. The smallest absolute Gasteiger partial charge is 0.263 e. The zero-order valence-corrected chi connectivity index (χ0v) is 13.1. The quantitative estimate of drug-likeness (QED) is 0.754. The number of nitrogens with one attached hydrogen (secondary N) is 1. The topological polar surface area (TPSA) is 36.1 Å². The van der Waals surface area contributed by atoms with Gasteiger partial charge in [0, 0.05) is 30.2 Å². The second-order valence-electron chi connectivity index (χ2n) is 5.83. The van der Waals surface area contributed by atoms with Gasteiger partial charge >= 0.3 is 0 Å². The number of hydrogen-bond acceptors (Lipinski definition) is 2. The van der Waals surface area contributed by atoms with Crippen molar-refractivity contribution in [1.82, 2.24) is 9.88 Å². The molecule has 2 aromatic heterocycles. The zero-order chi connectivity index (χ0) is 14.9. The number of amides is 1. The standard InChI is InChI=1S/C18H18N2OS/c21-18(17-6-3-11-22-17)20-9-7-13(8-10-20)15-12-19-16-5-2-1-4-14(15)16/h1-6,11-13,19H,7-10H2. The number of para-hydroxylation sites is 1. The Bertz CT molecular complexity index is 782. The van der Waals surface area contributed by atoms with Gasteiger partial charge in [-0.15, -0.1) is 11.3 Å². The number of H-pyrrole nitrogens is 1. The third-order valence-electron chi connectivity index (χ3n) is 4.58. The van der Waals surface area contributed by atoms with Crippen LogP contribution in [0.5, 0.6) is 0 Å². The minimum atomic E-state index is 0.187. The maximum Gasteiger partial charge on any atom is 0.263 e. The lowest BCUT2D eigenvalue weighted by atomic mass is 9.89. The summed E-state index contributed by atoms with van der Waals surface area (Å²) >= 11 is 1.53. The van der Waals surface area contributed by atoms with Crippen LogP contribution in [0, 0.1) is 0 Å². The summed E-state index contributed by atoms with van der Waals surface area (Å²) < 4.78 is 0. The molecule has 3 aromatic rings. The molecule has 1 aliphatic rings. The number of benzene rings is 1. The summed E-state index contributed by atoms with van der Waals surface area (Å²) in [5.74, 6) is 0.732. The highest BCUT2D eigenvalue weighted by Crippen LogP contribution is 2.33. The van der Waals surface area contributed by atoms with Gasteiger partial charge in [-0.05, 0) is 41.8 Å². The molecular formula is C18H18N2OS. The minimum Gasteiger partial charge on any atom is -0.361 e. The Morgan fingerprint density at radius 3 is 2.73 bits per heavy atom. The highest BCUT2D eigenvalue weighted by molar-refractivity contribution is 7.12. The molecular weight excluding hydrogens is 292 g/mol. The number of piperidine rings is 1. The first-order chi connectivity index (χ1) is 10.8. The third-order valence-corrected chi connectivity index (χ3v) is 5.43. The van der Waals surface area contributed by atoms with E-state index in [1.54, 1.807) is 0 Å². The number of carbonyl (C=O) groups is 1. The van der Waals surface area contributed by atoms with Crippen LogP contribution in [0.3, 0.4) is 0 Å². The van der Waals surface area contributed by atoms with E-state index in [1.807, 2.05) is 22.4 Å². The number of carbonyl (C=O) groups excluding carboxylic acids is 1. The molecule has 1 amide bonds. The van der Waals surface area contributed by atoms with Gasteiger partial charge in [0.1, 0.15) is 0 Å². The number of rotatable bonds is 2. The van der Waals surface area contributed by atoms with E-state index >= 15 is 0 Å². The molecule has 0 aliphatic carbocycles.